The third-order valence-corrected chi connectivity index (χ3v) is 6.57. The summed E-state index contributed by atoms with van der Waals surface area (Å²) in [6.07, 6.45) is 6.50. The SMILES string of the molecule is COc1ccc(-c2cc(OCCCCCCC(=O)Nc3ccccc3NC(=O)OC(C)(C)C)c3ncnc(C)c3c2)cn1. The van der Waals surface area contributed by atoms with E-state index in [9.17, 15) is 9.59 Å². The molecule has 2 heterocycles. The molecular formula is C33H39N5O5. The molecule has 0 spiro atoms. The van der Waals surface area contributed by atoms with Crippen molar-refractivity contribution in [3.63, 3.8) is 0 Å². The minimum absolute atomic E-state index is 0.110. The number of ether oxygens (including phenoxy) is 3. The fourth-order valence-electron chi connectivity index (χ4n) is 4.46. The van der Waals surface area contributed by atoms with Gasteiger partial charge in [0.25, 0.3) is 0 Å². The first-order valence-electron chi connectivity index (χ1n) is 14.4. The van der Waals surface area contributed by atoms with Crippen molar-refractivity contribution in [2.45, 2.75) is 65.4 Å². The van der Waals surface area contributed by atoms with Gasteiger partial charge in [-0.3, -0.25) is 10.1 Å². The van der Waals surface area contributed by atoms with Gasteiger partial charge in [-0.05, 0) is 76.4 Å². The third-order valence-electron chi connectivity index (χ3n) is 6.57. The van der Waals surface area contributed by atoms with Gasteiger partial charge in [0.1, 0.15) is 23.2 Å². The van der Waals surface area contributed by atoms with Gasteiger partial charge in [-0.15, -0.1) is 0 Å². The number of aromatic nitrogens is 3. The molecule has 0 aliphatic carbocycles. The van der Waals surface area contributed by atoms with Gasteiger partial charge in [0.05, 0.1) is 25.1 Å². The van der Waals surface area contributed by atoms with Crippen molar-refractivity contribution in [1.29, 1.82) is 0 Å². The maximum absolute atomic E-state index is 12.6. The number of nitrogens with zero attached hydrogens (tertiary/aromatic N) is 3. The number of benzene rings is 2. The van der Waals surface area contributed by atoms with E-state index in [0.29, 0.717) is 36.0 Å². The molecule has 226 valence electrons. The van der Waals surface area contributed by atoms with Crippen LogP contribution < -0.4 is 20.1 Å². The summed E-state index contributed by atoms with van der Waals surface area (Å²) in [5.74, 6) is 1.14. The van der Waals surface area contributed by atoms with Crippen LogP contribution >= 0.6 is 0 Å². The van der Waals surface area contributed by atoms with Crippen LogP contribution in [-0.2, 0) is 9.53 Å². The van der Waals surface area contributed by atoms with E-state index >= 15 is 0 Å². The number of hydrogen-bond donors (Lipinski definition) is 2. The van der Waals surface area contributed by atoms with Crippen LogP contribution in [0.5, 0.6) is 11.6 Å². The van der Waals surface area contributed by atoms with E-state index < -0.39 is 11.7 Å². The number of unbranched alkanes of at least 4 members (excludes halogenated alkanes) is 3. The lowest BCUT2D eigenvalue weighted by Crippen LogP contribution is -2.27. The first-order chi connectivity index (χ1) is 20.6. The van der Waals surface area contributed by atoms with Crippen LogP contribution in [0.2, 0.25) is 0 Å². The second-order valence-electron chi connectivity index (χ2n) is 11.2. The predicted octanol–water partition coefficient (Wildman–Crippen LogP) is 7.32. The number of hydrogen-bond acceptors (Lipinski definition) is 8. The summed E-state index contributed by atoms with van der Waals surface area (Å²) in [5, 5.41) is 6.52. The van der Waals surface area contributed by atoms with Crippen molar-refractivity contribution in [3.05, 3.63) is 66.7 Å². The van der Waals surface area contributed by atoms with Crippen LogP contribution in [0.3, 0.4) is 0 Å². The highest BCUT2D eigenvalue weighted by atomic mass is 16.6. The Morgan fingerprint density at radius 3 is 2.30 bits per heavy atom. The highest BCUT2D eigenvalue weighted by Crippen LogP contribution is 2.33. The number of rotatable bonds is 12. The van der Waals surface area contributed by atoms with Crippen LogP contribution in [-0.4, -0.2) is 46.3 Å². The molecule has 0 saturated carbocycles. The molecule has 0 fully saturated rings. The molecule has 0 radical (unpaired) electrons. The van der Waals surface area contributed by atoms with E-state index in [1.165, 1.54) is 0 Å². The number of anilines is 2. The zero-order valence-corrected chi connectivity index (χ0v) is 25.4. The van der Waals surface area contributed by atoms with Crippen LogP contribution in [0.25, 0.3) is 22.0 Å². The van der Waals surface area contributed by atoms with Gasteiger partial charge in [-0.25, -0.2) is 19.7 Å². The van der Waals surface area contributed by atoms with Crippen LogP contribution in [0.1, 0.15) is 58.6 Å². The summed E-state index contributed by atoms with van der Waals surface area (Å²) in [4.78, 5) is 37.9. The summed E-state index contributed by atoms with van der Waals surface area (Å²) in [6.45, 7) is 7.87. The van der Waals surface area contributed by atoms with Gasteiger partial charge in [-0.2, -0.15) is 0 Å². The van der Waals surface area contributed by atoms with Crippen molar-refractivity contribution >= 4 is 34.3 Å². The van der Waals surface area contributed by atoms with Gasteiger partial charge in [0.2, 0.25) is 11.8 Å². The summed E-state index contributed by atoms with van der Waals surface area (Å²) >= 11 is 0. The summed E-state index contributed by atoms with van der Waals surface area (Å²) in [7, 11) is 1.59. The Hall–Kier alpha value is -4.73. The van der Waals surface area contributed by atoms with Gasteiger partial charge in [-0.1, -0.05) is 25.0 Å². The van der Waals surface area contributed by atoms with Crippen molar-refractivity contribution in [1.82, 2.24) is 15.0 Å². The summed E-state index contributed by atoms with van der Waals surface area (Å²) < 4.78 is 16.7. The molecule has 0 unspecified atom stereocenters. The van der Waals surface area contributed by atoms with E-state index in [1.54, 1.807) is 64.7 Å². The van der Waals surface area contributed by atoms with Crippen LogP contribution in [0.15, 0.2) is 61.1 Å². The largest absolute Gasteiger partial charge is 0.491 e. The fourth-order valence-corrected chi connectivity index (χ4v) is 4.46. The average Bonchev–Trinajstić information content (AvgIpc) is 2.97. The molecule has 2 N–H and O–H groups in total. The molecule has 0 saturated heterocycles. The quantitative estimate of drug-likeness (QED) is 0.166. The standard InChI is InChI=1S/C33H39N5O5/c1-22-25-18-24(23-15-16-30(41-5)34-20-23)19-28(31(25)36-21-35-22)42-17-11-7-6-8-14-29(39)37-26-12-9-10-13-27(26)38-32(40)43-33(2,3)4/h9-10,12-13,15-16,18-21H,6-8,11,14,17H2,1-5H3,(H,37,39)(H,38,40). The molecule has 43 heavy (non-hydrogen) atoms. The molecule has 0 aliphatic rings. The minimum atomic E-state index is -0.618. The topological polar surface area (TPSA) is 125 Å². The average molecular weight is 586 g/mol. The third kappa shape index (κ3) is 9.13. The van der Waals surface area contributed by atoms with Gasteiger partial charge in [0, 0.05) is 35.3 Å². The normalized spacial score (nSPS) is 11.2. The predicted molar refractivity (Wildman–Crippen MR) is 168 cm³/mol. The molecule has 4 aromatic rings. The molecule has 0 aliphatic heterocycles. The number of para-hydroxylation sites is 2. The lowest BCUT2D eigenvalue weighted by molar-refractivity contribution is -0.116. The van der Waals surface area contributed by atoms with Crippen LogP contribution in [0, 0.1) is 6.92 Å². The molecular weight excluding hydrogens is 546 g/mol. The number of methoxy groups -OCH3 is 1. The Balaban J connectivity index is 1.25. The monoisotopic (exact) mass is 585 g/mol. The Labute approximate surface area is 252 Å². The number of carbonyl (C=O) groups excluding carboxylic acids is 2. The van der Waals surface area contributed by atoms with E-state index in [-0.39, 0.29) is 5.91 Å². The number of fused-ring (bicyclic) bond motifs is 1. The van der Waals surface area contributed by atoms with E-state index in [0.717, 1.165) is 53.4 Å². The lowest BCUT2D eigenvalue weighted by atomic mass is 10.0. The second kappa shape index (κ2) is 14.4. The number of carbonyl (C=O) groups is 2. The molecule has 0 bridgehead atoms. The van der Waals surface area contributed by atoms with Gasteiger partial charge < -0.3 is 19.5 Å². The maximum Gasteiger partial charge on any atom is 0.412 e. The highest BCUT2D eigenvalue weighted by molar-refractivity contribution is 5.97. The number of pyridine rings is 1. The number of amides is 2. The molecule has 10 nitrogen and oxygen atoms in total. The summed E-state index contributed by atoms with van der Waals surface area (Å²) in [6, 6.07) is 14.9. The summed E-state index contributed by atoms with van der Waals surface area (Å²) in [5.41, 5.74) is 3.96. The van der Waals surface area contributed by atoms with Crippen molar-refractivity contribution in [2.75, 3.05) is 24.4 Å². The minimum Gasteiger partial charge on any atom is -0.491 e. The molecule has 2 amide bonds. The second-order valence-corrected chi connectivity index (χ2v) is 11.2. The number of aryl methyl sites for hydroxylation is 1. The van der Waals surface area contributed by atoms with E-state index in [4.69, 9.17) is 14.2 Å². The zero-order valence-electron chi connectivity index (χ0n) is 25.4. The smallest absolute Gasteiger partial charge is 0.412 e. The van der Waals surface area contributed by atoms with E-state index in [2.05, 4.69) is 31.7 Å². The molecule has 2 aromatic heterocycles. The molecule has 10 heteroatoms. The van der Waals surface area contributed by atoms with Crippen LogP contribution in [0.4, 0.5) is 16.2 Å². The number of nitrogens with one attached hydrogen (secondary N) is 2. The Morgan fingerprint density at radius 1 is 0.860 bits per heavy atom. The van der Waals surface area contributed by atoms with Crippen molar-refractivity contribution in [2.24, 2.45) is 0 Å². The molecule has 0 atom stereocenters. The highest BCUT2D eigenvalue weighted by Gasteiger charge is 2.18. The van der Waals surface area contributed by atoms with Gasteiger partial charge in [0.15, 0.2) is 0 Å². The molecule has 4 rings (SSSR count). The Kier molecular flexibility index (Phi) is 10.5. The lowest BCUT2D eigenvalue weighted by Gasteiger charge is -2.20. The zero-order chi connectivity index (χ0) is 30.8. The molecule has 2 aromatic carbocycles. The van der Waals surface area contributed by atoms with E-state index in [1.807, 2.05) is 25.1 Å². The van der Waals surface area contributed by atoms with Crippen molar-refractivity contribution < 1.29 is 23.8 Å². The first-order valence-corrected chi connectivity index (χ1v) is 14.4. The van der Waals surface area contributed by atoms with Crippen molar-refractivity contribution in [3.8, 4) is 22.8 Å². The van der Waals surface area contributed by atoms with Gasteiger partial charge >= 0.3 is 6.09 Å². The Bertz CT molecular complexity index is 1550. The first kappa shape index (κ1) is 31.2. The maximum atomic E-state index is 12.6. The fraction of sp³-hybridized carbons (Fsp3) is 0.364. The Morgan fingerprint density at radius 2 is 1.60 bits per heavy atom.